The topological polar surface area (TPSA) is 76.1 Å². The normalized spacial score (nSPS) is 14.9. The van der Waals surface area contributed by atoms with Gasteiger partial charge in [-0.3, -0.25) is 9.97 Å². The molecule has 2 aromatic carbocycles. The number of aryl methyl sites for hydroxylation is 2. The molecule has 2 aliphatic rings. The number of hydrogen-bond acceptors (Lipinski definition) is 4. The van der Waals surface area contributed by atoms with E-state index < -0.39 is 0 Å². The summed E-state index contributed by atoms with van der Waals surface area (Å²) < 4.78 is 4.84. The third kappa shape index (κ3) is 4.81. The molecule has 2 aliphatic heterocycles. The molecule has 0 fully saturated rings. The lowest BCUT2D eigenvalue weighted by molar-refractivity contribution is 0.475. The summed E-state index contributed by atoms with van der Waals surface area (Å²) in [5, 5.41) is 22.1. The van der Waals surface area contributed by atoms with Crippen LogP contribution in [0.1, 0.15) is 49.9 Å². The first-order chi connectivity index (χ1) is 20.7. The number of hydrogen-bond donors (Lipinski definition) is 2. The molecular weight excluding hydrogens is 520 g/mol. The molecule has 6 aromatic rings. The van der Waals surface area contributed by atoms with Crippen LogP contribution < -0.4 is 0 Å². The highest BCUT2D eigenvalue weighted by atomic mass is 16.3. The number of rotatable bonds is 2. The molecule has 0 saturated heterocycles. The Labute approximate surface area is 245 Å². The van der Waals surface area contributed by atoms with Crippen LogP contribution >= 0.6 is 0 Å². The standard InChI is InChI=1S/2C18H18N2O/c21-14-5-6-16-15(12-14)18(13-7-9-19-10-8-13)17-4-2-1-3-11-20(16)17;21-14-5-6-15-17(12-14)20-11-3-1-2-4-16(20)18(15)13-7-9-19-10-8-13/h2*5-10,12,21H,1-4,11H2. The number of fused-ring (bicyclic) bond motifs is 6. The van der Waals surface area contributed by atoms with Gasteiger partial charge in [0.15, 0.2) is 0 Å². The molecular formula is C36H36N4O2. The van der Waals surface area contributed by atoms with Crippen LogP contribution in [0.4, 0.5) is 0 Å². The molecule has 8 rings (SSSR count). The Morgan fingerprint density at radius 2 is 1.02 bits per heavy atom. The maximum absolute atomic E-state index is 9.90. The van der Waals surface area contributed by atoms with Crippen molar-refractivity contribution in [1.29, 1.82) is 0 Å². The quantitative estimate of drug-likeness (QED) is 0.225. The molecule has 4 aromatic heterocycles. The highest BCUT2D eigenvalue weighted by Crippen LogP contribution is 2.40. The van der Waals surface area contributed by atoms with Crippen molar-refractivity contribution in [3.63, 3.8) is 0 Å². The fraction of sp³-hybridized carbons (Fsp3) is 0.278. The fourth-order valence-corrected chi connectivity index (χ4v) is 6.98. The highest BCUT2D eigenvalue weighted by molar-refractivity contribution is 6.00. The monoisotopic (exact) mass is 556 g/mol. The average molecular weight is 557 g/mol. The number of phenols is 2. The molecule has 6 nitrogen and oxygen atoms in total. The van der Waals surface area contributed by atoms with Gasteiger partial charge in [-0.1, -0.05) is 12.8 Å². The predicted octanol–water partition coefficient (Wildman–Crippen LogP) is 8.27. The van der Waals surface area contributed by atoms with E-state index in [1.54, 1.807) is 12.1 Å². The summed E-state index contributed by atoms with van der Waals surface area (Å²) in [4.78, 5) is 8.26. The Balaban J connectivity index is 0.000000137. The van der Waals surface area contributed by atoms with Crippen LogP contribution in [-0.2, 0) is 25.9 Å². The molecule has 0 unspecified atom stereocenters. The molecule has 42 heavy (non-hydrogen) atoms. The van der Waals surface area contributed by atoms with Gasteiger partial charge < -0.3 is 19.3 Å². The maximum Gasteiger partial charge on any atom is 0.117 e. The Bertz CT molecular complexity index is 1850. The summed E-state index contributed by atoms with van der Waals surface area (Å²) in [6.07, 6.45) is 17.1. The smallest absolute Gasteiger partial charge is 0.117 e. The molecule has 212 valence electrons. The minimum Gasteiger partial charge on any atom is -0.508 e. The summed E-state index contributed by atoms with van der Waals surface area (Å²) in [6.45, 7) is 2.11. The van der Waals surface area contributed by atoms with Gasteiger partial charge in [-0.25, -0.2) is 0 Å². The van der Waals surface area contributed by atoms with Crippen LogP contribution in [0.15, 0.2) is 85.5 Å². The van der Waals surface area contributed by atoms with Gasteiger partial charge in [0.2, 0.25) is 0 Å². The second-order valence-electron chi connectivity index (χ2n) is 11.4. The number of pyridine rings is 2. The first kappa shape index (κ1) is 26.3. The molecule has 0 amide bonds. The third-order valence-corrected chi connectivity index (χ3v) is 8.84. The van der Waals surface area contributed by atoms with E-state index in [2.05, 4.69) is 43.4 Å². The number of phenolic OH excluding ortho intramolecular Hbond substituents is 2. The van der Waals surface area contributed by atoms with E-state index in [9.17, 15) is 10.2 Å². The first-order valence-electron chi connectivity index (χ1n) is 15.2. The summed E-state index contributed by atoms with van der Waals surface area (Å²) in [5.41, 5.74) is 10.2. The largest absolute Gasteiger partial charge is 0.508 e. The SMILES string of the molecule is Oc1ccc2c(-c3ccncc3)c3n(c2c1)CCCCC3.Oc1ccc2c(c1)c(-c1ccncc1)c1n2CCCCC1. The van der Waals surface area contributed by atoms with Gasteiger partial charge in [-0.05, 0) is 104 Å². The Hall–Kier alpha value is -4.58. The van der Waals surface area contributed by atoms with Crippen molar-refractivity contribution in [1.82, 2.24) is 19.1 Å². The number of aromatic hydroxyl groups is 2. The van der Waals surface area contributed by atoms with Crippen LogP contribution in [0.5, 0.6) is 11.5 Å². The third-order valence-electron chi connectivity index (χ3n) is 8.84. The Morgan fingerprint density at radius 1 is 0.500 bits per heavy atom. The van der Waals surface area contributed by atoms with Crippen molar-refractivity contribution in [2.24, 2.45) is 0 Å². The second kappa shape index (κ2) is 11.4. The average Bonchev–Trinajstić information content (AvgIpc) is 3.22. The first-order valence-corrected chi connectivity index (χ1v) is 15.2. The highest BCUT2D eigenvalue weighted by Gasteiger charge is 2.21. The van der Waals surface area contributed by atoms with Crippen molar-refractivity contribution < 1.29 is 10.2 Å². The minimum absolute atomic E-state index is 0.332. The summed E-state index contributed by atoms with van der Waals surface area (Å²) >= 11 is 0. The number of aromatic nitrogens is 4. The lowest BCUT2D eigenvalue weighted by atomic mass is 10.0. The molecule has 0 atom stereocenters. The molecule has 0 aliphatic carbocycles. The Morgan fingerprint density at radius 3 is 1.64 bits per heavy atom. The molecule has 0 radical (unpaired) electrons. The molecule has 6 heterocycles. The second-order valence-corrected chi connectivity index (χ2v) is 11.4. The van der Waals surface area contributed by atoms with Crippen molar-refractivity contribution in [3.05, 3.63) is 96.8 Å². The molecule has 0 spiro atoms. The minimum atomic E-state index is 0.332. The van der Waals surface area contributed by atoms with Gasteiger partial charge in [0.1, 0.15) is 11.5 Å². The van der Waals surface area contributed by atoms with E-state index in [0.717, 1.165) is 36.8 Å². The van der Waals surface area contributed by atoms with Crippen LogP contribution in [0.25, 0.3) is 44.1 Å². The fourth-order valence-electron chi connectivity index (χ4n) is 6.98. The van der Waals surface area contributed by atoms with E-state index in [1.165, 1.54) is 83.1 Å². The van der Waals surface area contributed by atoms with Crippen molar-refractivity contribution in [2.45, 2.75) is 64.5 Å². The van der Waals surface area contributed by atoms with Gasteiger partial charge in [-0.15, -0.1) is 0 Å². The van der Waals surface area contributed by atoms with Crippen LogP contribution in [0, 0.1) is 0 Å². The van der Waals surface area contributed by atoms with Gasteiger partial charge in [-0.2, -0.15) is 0 Å². The number of nitrogens with zero attached hydrogens (tertiary/aromatic N) is 4. The lowest BCUT2D eigenvalue weighted by Gasteiger charge is -2.08. The Kier molecular flexibility index (Phi) is 7.12. The molecule has 6 heteroatoms. The number of benzene rings is 2. The van der Waals surface area contributed by atoms with E-state index >= 15 is 0 Å². The maximum atomic E-state index is 9.90. The van der Waals surface area contributed by atoms with E-state index in [0.29, 0.717) is 11.5 Å². The predicted molar refractivity (Wildman–Crippen MR) is 169 cm³/mol. The zero-order chi connectivity index (χ0) is 28.5. The molecule has 0 bridgehead atoms. The summed E-state index contributed by atoms with van der Waals surface area (Å²) in [5.74, 6) is 0.673. The van der Waals surface area contributed by atoms with E-state index in [1.807, 2.05) is 49.1 Å². The van der Waals surface area contributed by atoms with Crippen LogP contribution in [0.2, 0.25) is 0 Å². The zero-order valence-electron chi connectivity index (χ0n) is 23.8. The van der Waals surface area contributed by atoms with Gasteiger partial charge >= 0.3 is 0 Å². The van der Waals surface area contributed by atoms with Crippen molar-refractivity contribution in [2.75, 3.05) is 0 Å². The summed E-state index contributed by atoms with van der Waals surface area (Å²) in [6, 6.07) is 19.7. The van der Waals surface area contributed by atoms with Gasteiger partial charge in [0.25, 0.3) is 0 Å². The molecule has 2 N–H and O–H groups in total. The van der Waals surface area contributed by atoms with Crippen LogP contribution in [-0.4, -0.2) is 29.3 Å². The van der Waals surface area contributed by atoms with E-state index in [-0.39, 0.29) is 0 Å². The van der Waals surface area contributed by atoms with Gasteiger partial charge in [0, 0.05) is 82.7 Å². The van der Waals surface area contributed by atoms with Crippen molar-refractivity contribution >= 4 is 21.8 Å². The molecule has 0 saturated carbocycles. The zero-order valence-corrected chi connectivity index (χ0v) is 23.8. The van der Waals surface area contributed by atoms with Gasteiger partial charge in [0.05, 0.1) is 5.52 Å². The van der Waals surface area contributed by atoms with Crippen LogP contribution in [0.3, 0.4) is 0 Å². The van der Waals surface area contributed by atoms with Crippen molar-refractivity contribution in [3.8, 4) is 33.8 Å². The van der Waals surface area contributed by atoms with E-state index in [4.69, 9.17) is 0 Å². The summed E-state index contributed by atoms with van der Waals surface area (Å²) in [7, 11) is 0. The lowest BCUT2D eigenvalue weighted by Crippen LogP contribution is -2.00.